The molecule has 0 spiro atoms. The van der Waals surface area contributed by atoms with E-state index in [0.29, 0.717) is 34.3 Å². The van der Waals surface area contributed by atoms with Gasteiger partial charge >= 0.3 is 0 Å². The Morgan fingerprint density at radius 3 is 2.60 bits per heavy atom. The summed E-state index contributed by atoms with van der Waals surface area (Å²) in [7, 11) is 1.71. The minimum atomic E-state index is -0.177. The van der Waals surface area contributed by atoms with E-state index in [1.54, 1.807) is 17.7 Å². The Hall–Kier alpha value is -0.710. The first-order valence-corrected chi connectivity index (χ1v) is 7.70. The number of hydrogen-bond donors (Lipinski definition) is 2. The average Bonchev–Trinajstić information content (AvgIpc) is 2.72. The second-order valence-corrected chi connectivity index (χ2v) is 6.19. The van der Waals surface area contributed by atoms with Gasteiger partial charge in [0.1, 0.15) is 10.8 Å². The zero-order valence-corrected chi connectivity index (χ0v) is 13.0. The van der Waals surface area contributed by atoms with E-state index < -0.39 is 0 Å². The Kier molecular flexibility index (Phi) is 5.35. The van der Waals surface area contributed by atoms with E-state index in [1.807, 2.05) is 0 Å². The third kappa shape index (κ3) is 3.30. The molecular weight excluding hydrogens is 299 g/mol. The summed E-state index contributed by atoms with van der Waals surface area (Å²) in [6.07, 6.45) is 4.43. The molecule has 112 valence electrons. The number of nitrogens with zero attached hydrogens (tertiary/aromatic N) is 1. The minimum absolute atomic E-state index is 0.177. The number of carbonyl (C=O) groups is 1. The standard InChI is InChI=1S/C14H20Cl2N2O2/c1-18-12(6-11(15)13(18)16)14(20)17-7-9-4-2-3-5-10(9)8-19/h6,9-10,19H,2-5,7-8H2,1H3,(H,17,20). The van der Waals surface area contributed by atoms with Gasteiger partial charge in [-0.25, -0.2) is 0 Å². The van der Waals surface area contributed by atoms with E-state index in [2.05, 4.69) is 5.32 Å². The molecule has 0 radical (unpaired) electrons. The lowest BCUT2D eigenvalue weighted by atomic mass is 9.79. The Morgan fingerprint density at radius 1 is 1.40 bits per heavy atom. The summed E-state index contributed by atoms with van der Waals surface area (Å²) in [6, 6.07) is 1.57. The normalized spacial score (nSPS) is 22.8. The lowest BCUT2D eigenvalue weighted by Gasteiger charge is -2.30. The van der Waals surface area contributed by atoms with Crippen LogP contribution in [0.25, 0.3) is 0 Å². The second kappa shape index (κ2) is 6.83. The summed E-state index contributed by atoms with van der Waals surface area (Å²) in [4.78, 5) is 12.2. The second-order valence-electron chi connectivity index (χ2n) is 5.42. The highest BCUT2D eigenvalue weighted by Gasteiger charge is 2.25. The number of amides is 1. The third-order valence-electron chi connectivity index (χ3n) is 4.17. The van der Waals surface area contributed by atoms with Crippen molar-refractivity contribution < 1.29 is 9.90 Å². The Morgan fingerprint density at radius 2 is 2.05 bits per heavy atom. The lowest BCUT2D eigenvalue weighted by Crippen LogP contribution is -2.36. The molecule has 4 nitrogen and oxygen atoms in total. The molecule has 1 fully saturated rings. The molecule has 1 aliphatic carbocycles. The van der Waals surface area contributed by atoms with Crippen molar-refractivity contribution in [3.05, 3.63) is 21.9 Å². The van der Waals surface area contributed by atoms with E-state index in [4.69, 9.17) is 23.2 Å². The highest BCUT2D eigenvalue weighted by molar-refractivity contribution is 6.41. The molecular formula is C14H20Cl2N2O2. The number of aliphatic hydroxyl groups is 1. The third-order valence-corrected chi connectivity index (χ3v) is 5.02. The maximum absolute atomic E-state index is 12.2. The van der Waals surface area contributed by atoms with Gasteiger partial charge in [0.2, 0.25) is 0 Å². The van der Waals surface area contributed by atoms with E-state index in [0.717, 1.165) is 12.8 Å². The van der Waals surface area contributed by atoms with Crippen molar-refractivity contribution in [3.63, 3.8) is 0 Å². The van der Waals surface area contributed by atoms with Crippen molar-refractivity contribution >= 4 is 29.1 Å². The van der Waals surface area contributed by atoms with Crippen LogP contribution in [-0.4, -0.2) is 28.7 Å². The fraction of sp³-hybridized carbons (Fsp3) is 0.643. The molecule has 0 aliphatic heterocycles. The summed E-state index contributed by atoms with van der Waals surface area (Å²) in [5.74, 6) is 0.470. The molecule has 1 aromatic heterocycles. The summed E-state index contributed by atoms with van der Waals surface area (Å²) in [5.41, 5.74) is 0.455. The van der Waals surface area contributed by atoms with E-state index in [1.165, 1.54) is 12.8 Å². The number of carbonyl (C=O) groups excluding carboxylic acids is 1. The molecule has 20 heavy (non-hydrogen) atoms. The van der Waals surface area contributed by atoms with Gasteiger partial charge in [-0.05, 0) is 30.7 Å². The van der Waals surface area contributed by atoms with Crippen molar-refractivity contribution in [1.29, 1.82) is 0 Å². The number of aliphatic hydroxyl groups excluding tert-OH is 1. The maximum Gasteiger partial charge on any atom is 0.268 e. The molecule has 2 rings (SSSR count). The van der Waals surface area contributed by atoms with Crippen LogP contribution >= 0.6 is 23.2 Å². The molecule has 6 heteroatoms. The van der Waals surface area contributed by atoms with Crippen LogP contribution in [0.5, 0.6) is 0 Å². The Bertz CT molecular complexity index is 488. The van der Waals surface area contributed by atoms with E-state index in [9.17, 15) is 9.90 Å². The zero-order chi connectivity index (χ0) is 14.7. The van der Waals surface area contributed by atoms with Gasteiger partial charge in [-0.1, -0.05) is 36.0 Å². The van der Waals surface area contributed by atoms with Crippen LogP contribution in [0.15, 0.2) is 6.07 Å². The smallest absolute Gasteiger partial charge is 0.268 e. The summed E-state index contributed by atoms with van der Waals surface area (Å²) >= 11 is 11.9. The summed E-state index contributed by atoms with van der Waals surface area (Å²) in [5, 5.41) is 13.0. The van der Waals surface area contributed by atoms with Gasteiger partial charge in [-0.2, -0.15) is 0 Å². The van der Waals surface area contributed by atoms with Crippen molar-refractivity contribution in [3.8, 4) is 0 Å². The first-order valence-electron chi connectivity index (χ1n) is 6.94. The van der Waals surface area contributed by atoms with Crippen LogP contribution in [0.2, 0.25) is 10.2 Å². The molecule has 2 unspecified atom stereocenters. The summed E-state index contributed by atoms with van der Waals surface area (Å²) in [6.45, 7) is 0.785. The van der Waals surface area contributed by atoms with Crippen molar-refractivity contribution in [2.24, 2.45) is 18.9 Å². The van der Waals surface area contributed by atoms with E-state index in [-0.39, 0.29) is 12.5 Å². The Balaban J connectivity index is 1.96. The van der Waals surface area contributed by atoms with Gasteiger partial charge in [0, 0.05) is 20.2 Å². The van der Waals surface area contributed by atoms with Crippen LogP contribution < -0.4 is 5.32 Å². The molecule has 0 saturated heterocycles. The van der Waals surface area contributed by atoms with Gasteiger partial charge in [0.15, 0.2) is 0 Å². The maximum atomic E-state index is 12.2. The molecule has 1 aromatic rings. The first-order chi connectivity index (χ1) is 9.54. The predicted octanol–water partition coefficient (Wildman–Crippen LogP) is 2.86. The van der Waals surface area contributed by atoms with E-state index >= 15 is 0 Å². The highest BCUT2D eigenvalue weighted by Crippen LogP contribution is 2.29. The average molecular weight is 319 g/mol. The van der Waals surface area contributed by atoms with Crippen LogP contribution in [0.3, 0.4) is 0 Å². The molecule has 2 atom stereocenters. The molecule has 0 bridgehead atoms. The largest absolute Gasteiger partial charge is 0.396 e. The molecule has 0 aromatic carbocycles. The van der Waals surface area contributed by atoms with Gasteiger partial charge in [0.25, 0.3) is 5.91 Å². The number of rotatable bonds is 4. The predicted molar refractivity (Wildman–Crippen MR) is 80.3 cm³/mol. The van der Waals surface area contributed by atoms with Crippen LogP contribution in [0, 0.1) is 11.8 Å². The van der Waals surface area contributed by atoms with Crippen LogP contribution in [0.4, 0.5) is 0 Å². The molecule has 1 heterocycles. The molecule has 2 N–H and O–H groups in total. The monoisotopic (exact) mass is 318 g/mol. The van der Waals surface area contributed by atoms with Crippen molar-refractivity contribution in [2.75, 3.05) is 13.2 Å². The highest BCUT2D eigenvalue weighted by atomic mass is 35.5. The molecule has 1 amide bonds. The van der Waals surface area contributed by atoms with Gasteiger partial charge in [0.05, 0.1) is 5.02 Å². The first kappa shape index (κ1) is 15.7. The van der Waals surface area contributed by atoms with Crippen molar-refractivity contribution in [1.82, 2.24) is 9.88 Å². The Labute approximate surface area is 129 Å². The van der Waals surface area contributed by atoms with Gasteiger partial charge < -0.3 is 15.0 Å². The number of hydrogen-bond acceptors (Lipinski definition) is 2. The fourth-order valence-corrected chi connectivity index (χ4v) is 3.24. The summed E-state index contributed by atoms with van der Waals surface area (Å²) < 4.78 is 1.57. The SMILES string of the molecule is Cn1c(C(=O)NCC2CCCCC2CO)cc(Cl)c1Cl. The zero-order valence-electron chi connectivity index (χ0n) is 11.5. The quantitative estimate of drug-likeness (QED) is 0.896. The number of aromatic nitrogens is 1. The van der Waals surface area contributed by atoms with Crippen LogP contribution in [0.1, 0.15) is 36.2 Å². The molecule has 1 aliphatic rings. The van der Waals surface area contributed by atoms with Crippen molar-refractivity contribution in [2.45, 2.75) is 25.7 Å². The number of halogens is 2. The lowest BCUT2D eigenvalue weighted by molar-refractivity contribution is 0.0901. The molecule has 1 saturated carbocycles. The minimum Gasteiger partial charge on any atom is -0.396 e. The van der Waals surface area contributed by atoms with Gasteiger partial charge in [-0.3, -0.25) is 4.79 Å². The fourth-order valence-electron chi connectivity index (χ4n) is 2.87. The van der Waals surface area contributed by atoms with Crippen LogP contribution in [-0.2, 0) is 7.05 Å². The topological polar surface area (TPSA) is 54.3 Å². The number of nitrogens with one attached hydrogen (secondary N) is 1. The van der Waals surface area contributed by atoms with Gasteiger partial charge in [-0.15, -0.1) is 0 Å².